The summed E-state index contributed by atoms with van der Waals surface area (Å²) in [4.78, 5) is 35.3. The minimum absolute atomic E-state index is 0.226. The molecule has 18 heavy (non-hydrogen) atoms. The minimum atomic E-state index is -0.553. The Morgan fingerprint density at radius 3 is 1.83 bits per heavy atom. The molecule has 0 rings (SSSR count). The van der Waals surface area contributed by atoms with E-state index in [-0.39, 0.29) is 19.0 Å². The molecule has 0 radical (unpaired) electrons. The zero-order valence-electron chi connectivity index (χ0n) is 11.2. The Hall–Kier alpha value is -1.59. The van der Waals surface area contributed by atoms with Gasteiger partial charge in [-0.1, -0.05) is 19.8 Å². The van der Waals surface area contributed by atoms with Gasteiger partial charge in [-0.25, -0.2) is 0 Å². The lowest BCUT2D eigenvalue weighted by Gasteiger charge is -2.20. The average molecular weight is 259 g/mol. The lowest BCUT2D eigenvalue weighted by molar-refractivity contribution is -0.152. The summed E-state index contributed by atoms with van der Waals surface area (Å²) in [5, 5.41) is 0. The standard InChI is InChI=1S/C12H21NO5/c1-4-5-6-7-10(14)13(8-11(15)17-2)9-12(16)18-3/h4-9H2,1-3H3. The van der Waals surface area contributed by atoms with E-state index < -0.39 is 11.9 Å². The number of methoxy groups -OCH3 is 2. The summed E-state index contributed by atoms with van der Waals surface area (Å²) >= 11 is 0. The largest absolute Gasteiger partial charge is 0.468 e. The van der Waals surface area contributed by atoms with Gasteiger partial charge < -0.3 is 14.4 Å². The van der Waals surface area contributed by atoms with E-state index >= 15 is 0 Å². The smallest absolute Gasteiger partial charge is 0.325 e. The molecule has 6 heteroatoms. The van der Waals surface area contributed by atoms with Gasteiger partial charge in [-0.2, -0.15) is 0 Å². The Labute approximate surface area is 107 Å². The molecule has 0 saturated heterocycles. The van der Waals surface area contributed by atoms with Gasteiger partial charge in [0.15, 0.2) is 0 Å². The van der Waals surface area contributed by atoms with E-state index in [0.717, 1.165) is 24.2 Å². The molecule has 0 aliphatic heterocycles. The lowest BCUT2D eigenvalue weighted by Crippen LogP contribution is -2.40. The molecule has 0 aliphatic rings. The summed E-state index contributed by atoms with van der Waals surface area (Å²) in [6, 6.07) is 0. The van der Waals surface area contributed by atoms with E-state index in [0.29, 0.717) is 6.42 Å². The fraction of sp³-hybridized carbons (Fsp3) is 0.750. The summed E-state index contributed by atoms with van der Waals surface area (Å²) in [5.74, 6) is -1.34. The van der Waals surface area contributed by atoms with Crippen LogP contribution in [-0.2, 0) is 23.9 Å². The maximum absolute atomic E-state index is 11.8. The first-order valence-electron chi connectivity index (χ1n) is 5.96. The zero-order valence-corrected chi connectivity index (χ0v) is 11.2. The van der Waals surface area contributed by atoms with Gasteiger partial charge in [-0.15, -0.1) is 0 Å². The molecule has 0 N–H and O–H groups in total. The van der Waals surface area contributed by atoms with Crippen molar-refractivity contribution < 1.29 is 23.9 Å². The second kappa shape index (κ2) is 9.44. The maximum atomic E-state index is 11.8. The molecule has 0 aromatic carbocycles. The molecular weight excluding hydrogens is 238 g/mol. The lowest BCUT2D eigenvalue weighted by atomic mass is 10.2. The first kappa shape index (κ1) is 16.4. The number of esters is 2. The maximum Gasteiger partial charge on any atom is 0.325 e. The monoisotopic (exact) mass is 259 g/mol. The number of hydrogen-bond donors (Lipinski definition) is 0. The van der Waals surface area contributed by atoms with E-state index in [1.54, 1.807) is 0 Å². The van der Waals surface area contributed by atoms with Crippen molar-refractivity contribution in [2.24, 2.45) is 0 Å². The number of nitrogens with zero attached hydrogens (tertiary/aromatic N) is 1. The summed E-state index contributed by atoms with van der Waals surface area (Å²) in [6.07, 6.45) is 3.01. The van der Waals surface area contributed by atoms with Crippen LogP contribution in [0.15, 0.2) is 0 Å². The van der Waals surface area contributed by atoms with Crippen molar-refractivity contribution in [3.05, 3.63) is 0 Å². The molecule has 0 heterocycles. The Kier molecular flexibility index (Phi) is 8.61. The highest BCUT2D eigenvalue weighted by Gasteiger charge is 2.20. The Bertz CT molecular complexity index is 272. The highest BCUT2D eigenvalue weighted by atomic mass is 16.5. The first-order chi connectivity index (χ1) is 8.54. The predicted molar refractivity (Wildman–Crippen MR) is 64.8 cm³/mol. The molecule has 0 aromatic rings. The molecule has 0 aliphatic carbocycles. The van der Waals surface area contributed by atoms with Crippen molar-refractivity contribution in [1.29, 1.82) is 0 Å². The fourth-order valence-electron chi connectivity index (χ4n) is 1.36. The Balaban J connectivity index is 4.38. The Morgan fingerprint density at radius 1 is 0.944 bits per heavy atom. The molecule has 104 valence electrons. The van der Waals surface area contributed by atoms with Gasteiger partial charge in [-0.05, 0) is 6.42 Å². The van der Waals surface area contributed by atoms with Crippen LogP contribution >= 0.6 is 0 Å². The van der Waals surface area contributed by atoms with Gasteiger partial charge in [0, 0.05) is 6.42 Å². The van der Waals surface area contributed by atoms with Crippen LogP contribution in [0.3, 0.4) is 0 Å². The number of unbranched alkanes of at least 4 members (excludes halogenated alkanes) is 2. The molecule has 1 amide bonds. The minimum Gasteiger partial charge on any atom is -0.468 e. The summed E-state index contributed by atoms with van der Waals surface area (Å²) in [7, 11) is 2.47. The van der Waals surface area contributed by atoms with E-state index in [4.69, 9.17) is 0 Å². The third-order valence-electron chi connectivity index (χ3n) is 2.44. The van der Waals surface area contributed by atoms with Crippen LogP contribution in [0.4, 0.5) is 0 Å². The van der Waals surface area contributed by atoms with Gasteiger partial charge >= 0.3 is 11.9 Å². The highest BCUT2D eigenvalue weighted by molar-refractivity contribution is 5.85. The van der Waals surface area contributed by atoms with Crippen LogP contribution in [-0.4, -0.2) is 50.1 Å². The van der Waals surface area contributed by atoms with Crippen molar-refractivity contribution in [2.45, 2.75) is 32.6 Å². The Morgan fingerprint density at radius 2 is 1.44 bits per heavy atom. The van der Waals surface area contributed by atoms with Gasteiger partial charge in [0.05, 0.1) is 14.2 Å². The van der Waals surface area contributed by atoms with Crippen LogP contribution in [0.5, 0.6) is 0 Å². The SMILES string of the molecule is CCCCCC(=O)N(CC(=O)OC)CC(=O)OC. The van der Waals surface area contributed by atoms with Crippen molar-refractivity contribution in [3.63, 3.8) is 0 Å². The molecule has 0 unspecified atom stereocenters. The molecule has 0 aromatic heterocycles. The molecule has 0 bridgehead atoms. The number of ether oxygens (including phenoxy) is 2. The second-order valence-electron chi connectivity index (χ2n) is 3.86. The van der Waals surface area contributed by atoms with Crippen molar-refractivity contribution in [2.75, 3.05) is 27.3 Å². The summed E-state index contributed by atoms with van der Waals surface area (Å²) < 4.78 is 8.97. The van der Waals surface area contributed by atoms with E-state index in [1.165, 1.54) is 14.2 Å². The predicted octanol–water partition coefficient (Wildman–Crippen LogP) is 0.741. The van der Waals surface area contributed by atoms with Crippen molar-refractivity contribution >= 4 is 17.8 Å². The van der Waals surface area contributed by atoms with Crippen LogP contribution in [0.25, 0.3) is 0 Å². The quantitative estimate of drug-likeness (QED) is 0.475. The fourth-order valence-corrected chi connectivity index (χ4v) is 1.36. The number of carbonyl (C=O) groups excluding carboxylic acids is 3. The average Bonchev–Trinajstić information content (AvgIpc) is 2.37. The first-order valence-corrected chi connectivity index (χ1v) is 5.96. The van der Waals surface area contributed by atoms with E-state index in [9.17, 15) is 14.4 Å². The second-order valence-corrected chi connectivity index (χ2v) is 3.86. The molecular formula is C12H21NO5. The summed E-state index contributed by atoms with van der Waals surface area (Å²) in [6.45, 7) is 1.58. The van der Waals surface area contributed by atoms with Gasteiger partial charge in [0.1, 0.15) is 13.1 Å². The summed E-state index contributed by atoms with van der Waals surface area (Å²) in [5.41, 5.74) is 0. The number of amides is 1. The molecule has 0 saturated carbocycles. The zero-order chi connectivity index (χ0) is 14.0. The van der Waals surface area contributed by atoms with Crippen LogP contribution in [0.2, 0.25) is 0 Å². The van der Waals surface area contributed by atoms with Crippen molar-refractivity contribution in [1.82, 2.24) is 4.90 Å². The normalized spacial score (nSPS) is 9.72. The van der Waals surface area contributed by atoms with Crippen LogP contribution in [0, 0.1) is 0 Å². The van der Waals surface area contributed by atoms with Crippen LogP contribution < -0.4 is 0 Å². The van der Waals surface area contributed by atoms with Crippen LogP contribution in [0.1, 0.15) is 32.6 Å². The number of rotatable bonds is 8. The molecule has 0 atom stereocenters. The topological polar surface area (TPSA) is 72.9 Å². The molecule has 0 spiro atoms. The molecule has 6 nitrogen and oxygen atoms in total. The highest BCUT2D eigenvalue weighted by Crippen LogP contribution is 2.04. The molecule has 0 fully saturated rings. The van der Waals surface area contributed by atoms with Gasteiger partial charge in [0.2, 0.25) is 5.91 Å². The number of hydrogen-bond acceptors (Lipinski definition) is 5. The third-order valence-corrected chi connectivity index (χ3v) is 2.44. The van der Waals surface area contributed by atoms with Crippen molar-refractivity contribution in [3.8, 4) is 0 Å². The van der Waals surface area contributed by atoms with Gasteiger partial charge in [0.25, 0.3) is 0 Å². The van der Waals surface area contributed by atoms with Gasteiger partial charge in [-0.3, -0.25) is 14.4 Å². The van der Waals surface area contributed by atoms with E-state index in [2.05, 4.69) is 9.47 Å². The van der Waals surface area contributed by atoms with E-state index in [1.807, 2.05) is 6.92 Å². The third kappa shape index (κ3) is 6.88. The number of carbonyl (C=O) groups is 3.